The molecule has 2 amide bonds. The number of primary amides is 1. The number of rotatable bonds is 6. The van der Waals surface area contributed by atoms with Gasteiger partial charge in [0.2, 0.25) is 0 Å². The van der Waals surface area contributed by atoms with Crippen molar-refractivity contribution in [2.45, 2.75) is 19.3 Å². The van der Waals surface area contributed by atoms with Crippen LogP contribution in [0.4, 0.5) is 4.39 Å². The Morgan fingerprint density at radius 3 is 2.56 bits per heavy atom. The summed E-state index contributed by atoms with van der Waals surface area (Å²) in [5.74, 6) is -0.122. The van der Waals surface area contributed by atoms with Gasteiger partial charge < -0.3 is 15.4 Å². The van der Waals surface area contributed by atoms with Crippen LogP contribution in [0.15, 0.2) is 48.5 Å². The van der Waals surface area contributed by atoms with Gasteiger partial charge in [0.15, 0.2) is 6.61 Å². The molecule has 1 fully saturated rings. The van der Waals surface area contributed by atoms with Gasteiger partial charge in [-0.15, -0.1) is 0 Å². The number of ether oxygens (including phenoxy) is 1. The first-order valence-corrected chi connectivity index (χ1v) is 9.07. The Hall–Kier alpha value is -2.89. The third-order valence-corrected chi connectivity index (χ3v) is 4.80. The number of piperidine rings is 1. The van der Waals surface area contributed by atoms with Crippen LogP contribution < -0.4 is 10.5 Å². The summed E-state index contributed by atoms with van der Waals surface area (Å²) < 4.78 is 18.7. The fraction of sp³-hybridized carbons (Fsp3) is 0.333. The Balaban J connectivity index is 1.59. The summed E-state index contributed by atoms with van der Waals surface area (Å²) in [7, 11) is 0. The number of nitrogens with two attached hydrogens (primary N) is 1. The third-order valence-electron chi connectivity index (χ3n) is 4.80. The monoisotopic (exact) mass is 370 g/mol. The van der Waals surface area contributed by atoms with Crippen molar-refractivity contribution in [2.75, 3.05) is 19.7 Å². The Bertz CT molecular complexity index is 817. The molecule has 1 saturated heterocycles. The van der Waals surface area contributed by atoms with Crippen molar-refractivity contribution >= 4 is 11.8 Å². The molecule has 0 radical (unpaired) electrons. The number of likely N-dealkylation sites (tertiary alicyclic amines) is 1. The maximum absolute atomic E-state index is 13.3. The van der Waals surface area contributed by atoms with Crippen molar-refractivity contribution in [3.8, 4) is 5.75 Å². The molecule has 1 aliphatic heterocycles. The van der Waals surface area contributed by atoms with Crippen LogP contribution in [-0.2, 0) is 11.2 Å². The lowest BCUT2D eigenvalue weighted by Gasteiger charge is -2.32. The molecule has 2 aromatic rings. The topological polar surface area (TPSA) is 72.6 Å². The first-order valence-electron chi connectivity index (χ1n) is 9.07. The van der Waals surface area contributed by atoms with Crippen molar-refractivity contribution in [1.29, 1.82) is 0 Å². The van der Waals surface area contributed by atoms with E-state index >= 15 is 0 Å². The van der Waals surface area contributed by atoms with E-state index in [9.17, 15) is 14.0 Å². The molecule has 0 aromatic heterocycles. The first kappa shape index (κ1) is 18.9. The lowest BCUT2D eigenvalue weighted by Crippen LogP contribution is -2.39. The molecule has 3 rings (SSSR count). The maximum Gasteiger partial charge on any atom is 0.257 e. The zero-order chi connectivity index (χ0) is 19.2. The summed E-state index contributed by atoms with van der Waals surface area (Å²) >= 11 is 0. The Morgan fingerprint density at radius 1 is 1.11 bits per heavy atom. The molecule has 2 N–H and O–H groups in total. The number of nitrogens with zero attached hydrogens (tertiary/aromatic N) is 1. The van der Waals surface area contributed by atoms with E-state index in [-0.39, 0.29) is 18.3 Å². The lowest BCUT2D eigenvalue weighted by atomic mass is 9.90. The smallest absolute Gasteiger partial charge is 0.257 e. The summed E-state index contributed by atoms with van der Waals surface area (Å²) in [6, 6.07) is 13.6. The maximum atomic E-state index is 13.3. The average Bonchev–Trinajstić information content (AvgIpc) is 2.67. The minimum absolute atomic E-state index is 0.112. The molecule has 1 heterocycles. The van der Waals surface area contributed by atoms with Gasteiger partial charge >= 0.3 is 0 Å². The Kier molecular flexibility index (Phi) is 6.06. The molecular formula is C21H23FN2O3. The standard InChI is InChI=1S/C21H23FN2O3/c22-17-5-3-4-16(13-17)12-15-8-10-24(11-9-15)21(26)18-6-1-2-7-19(18)27-14-20(23)25/h1-7,13,15H,8-12,14H2,(H2,23,25). The molecule has 1 aliphatic rings. The molecular weight excluding hydrogens is 347 g/mol. The van der Waals surface area contributed by atoms with Crippen LogP contribution >= 0.6 is 0 Å². The molecule has 5 nitrogen and oxygen atoms in total. The van der Waals surface area contributed by atoms with Crippen LogP contribution in [0, 0.1) is 11.7 Å². The molecule has 6 heteroatoms. The highest BCUT2D eigenvalue weighted by molar-refractivity contribution is 5.97. The third kappa shape index (κ3) is 5.06. The van der Waals surface area contributed by atoms with Gasteiger partial charge in [0, 0.05) is 13.1 Å². The Labute approximate surface area is 157 Å². The SMILES string of the molecule is NC(=O)COc1ccccc1C(=O)N1CCC(Cc2cccc(F)c2)CC1. The second kappa shape index (κ2) is 8.66. The van der Waals surface area contributed by atoms with Gasteiger partial charge in [0.05, 0.1) is 5.56 Å². The van der Waals surface area contributed by atoms with Crippen LogP contribution in [0.2, 0.25) is 0 Å². The highest BCUT2D eigenvalue weighted by atomic mass is 19.1. The summed E-state index contributed by atoms with van der Waals surface area (Å²) in [4.78, 5) is 25.6. The number of carbonyl (C=O) groups excluding carboxylic acids is 2. The quantitative estimate of drug-likeness (QED) is 0.850. The van der Waals surface area contributed by atoms with Gasteiger partial charge in [0.25, 0.3) is 11.8 Å². The van der Waals surface area contributed by atoms with E-state index < -0.39 is 5.91 Å². The minimum atomic E-state index is -0.588. The van der Waals surface area contributed by atoms with E-state index in [0.717, 1.165) is 24.8 Å². The van der Waals surface area contributed by atoms with Gasteiger partial charge in [-0.1, -0.05) is 24.3 Å². The van der Waals surface area contributed by atoms with Gasteiger partial charge in [-0.2, -0.15) is 0 Å². The summed E-state index contributed by atoms with van der Waals surface area (Å²) in [6.45, 7) is 1.02. The number of para-hydroxylation sites is 1. The molecule has 142 valence electrons. The minimum Gasteiger partial charge on any atom is -0.483 e. The molecule has 0 atom stereocenters. The first-order chi connectivity index (χ1) is 13.0. The van der Waals surface area contributed by atoms with Gasteiger partial charge in [-0.05, 0) is 55.0 Å². The number of hydrogen-bond donors (Lipinski definition) is 1. The van der Waals surface area contributed by atoms with E-state index in [4.69, 9.17) is 10.5 Å². The van der Waals surface area contributed by atoms with E-state index in [1.165, 1.54) is 6.07 Å². The van der Waals surface area contributed by atoms with Crippen molar-refractivity contribution in [2.24, 2.45) is 11.7 Å². The number of halogens is 1. The summed E-state index contributed by atoms with van der Waals surface area (Å²) in [5, 5.41) is 0. The van der Waals surface area contributed by atoms with Crippen LogP contribution in [0.3, 0.4) is 0 Å². The average molecular weight is 370 g/mol. The fourth-order valence-corrected chi connectivity index (χ4v) is 3.43. The zero-order valence-corrected chi connectivity index (χ0v) is 15.1. The predicted octanol–water partition coefficient (Wildman–Crippen LogP) is 2.78. The molecule has 0 unspecified atom stereocenters. The number of hydrogen-bond acceptors (Lipinski definition) is 3. The van der Waals surface area contributed by atoms with Gasteiger partial charge in [-0.25, -0.2) is 4.39 Å². The second-order valence-electron chi connectivity index (χ2n) is 6.82. The fourth-order valence-electron chi connectivity index (χ4n) is 3.43. The highest BCUT2D eigenvalue weighted by Gasteiger charge is 2.25. The summed E-state index contributed by atoms with van der Waals surface area (Å²) in [6.07, 6.45) is 2.55. The lowest BCUT2D eigenvalue weighted by molar-refractivity contribution is -0.119. The van der Waals surface area contributed by atoms with Crippen molar-refractivity contribution in [3.05, 3.63) is 65.5 Å². The number of carbonyl (C=O) groups is 2. The predicted molar refractivity (Wildman–Crippen MR) is 99.9 cm³/mol. The molecule has 0 bridgehead atoms. The molecule has 0 aliphatic carbocycles. The van der Waals surface area contributed by atoms with Crippen LogP contribution in [0.5, 0.6) is 5.75 Å². The zero-order valence-electron chi connectivity index (χ0n) is 15.1. The highest BCUT2D eigenvalue weighted by Crippen LogP contribution is 2.26. The molecule has 0 saturated carbocycles. The number of benzene rings is 2. The van der Waals surface area contributed by atoms with E-state index in [1.54, 1.807) is 41.3 Å². The van der Waals surface area contributed by atoms with E-state index in [2.05, 4.69) is 0 Å². The second-order valence-corrected chi connectivity index (χ2v) is 6.82. The molecule has 27 heavy (non-hydrogen) atoms. The van der Waals surface area contributed by atoms with E-state index in [0.29, 0.717) is 30.3 Å². The number of amides is 2. The van der Waals surface area contributed by atoms with Crippen molar-refractivity contribution in [3.63, 3.8) is 0 Å². The van der Waals surface area contributed by atoms with Crippen molar-refractivity contribution < 1.29 is 18.7 Å². The molecule has 2 aromatic carbocycles. The van der Waals surface area contributed by atoms with Crippen LogP contribution in [0.1, 0.15) is 28.8 Å². The van der Waals surface area contributed by atoms with Gasteiger partial charge in [0.1, 0.15) is 11.6 Å². The summed E-state index contributed by atoms with van der Waals surface area (Å²) in [5.41, 5.74) is 6.54. The normalized spacial score (nSPS) is 14.8. The van der Waals surface area contributed by atoms with Gasteiger partial charge in [-0.3, -0.25) is 9.59 Å². The molecule has 0 spiro atoms. The van der Waals surface area contributed by atoms with Crippen LogP contribution in [0.25, 0.3) is 0 Å². The Morgan fingerprint density at radius 2 is 1.85 bits per heavy atom. The van der Waals surface area contributed by atoms with Crippen LogP contribution in [-0.4, -0.2) is 36.4 Å². The van der Waals surface area contributed by atoms with E-state index in [1.807, 2.05) is 6.07 Å². The van der Waals surface area contributed by atoms with Crippen molar-refractivity contribution in [1.82, 2.24) is 4.90 Å². The largest absolute Gasteiger partial charge is 0.483 e.